The largest absolute Gasteiger partial charge is 0.284 e. The van der Waals surface area contributed by atoms with E-state index < -0.39 is 26.1 Å². The van der Waals surface area contributed by atoms with Crippen LogP contribution >= 0.6 is 0 Å². The normalized spacial score (nSPS) is 17.5. The van der Waals surface area contributed by atoms with Crippen LogP contribution in [0.3, 0.4) is 0 Å². The first-order valence-corrected chi connectivity index (χ1v) is 12.3. The number of hydrogen-bond acceptors (Lipinski definition) is 5. The van der Waals surface area contributed by atoms with Crippen LogP contribution in [0.5, 0.6) is 0 Å². The molecule has 0 unspecified atom stereocenters. The SMILES string of the molecule is CCS(=O)(=O)N1N=C(c2ccc(NS(C)(=O)=O)cc2)C[C@H]1c1ccccc1C. The maximum Gasteiger partial charge on any atom is 0.250 e. The lowest BCUT2D eigenvalue weighted by Gasteiger charge is -2.24. The van der Waals surface area contributed by atoms with Gasteiger partial charge in [-0.05, 0) is 42.7 Å². The van der Waals surface area contributed by atoms with E-state index in [9.17, 15) is 16.8 Å². The Morgan fingerprint density at radius 1 is 1.07 bits per heavy atom. The number of nitrogens with one attached hydrogen (secondary N) is 1. The zero-order valence-electron chi connectivity index (χ0n) is 16.0. The van der Waals surface area contributed by atoms with Crippen LogP contribution in [0.25, 0.3) is 0 Å². The molecule has 0 aromatic heterocycles. The molecule has 150 valence electrons. The zero-order chi connectivity index (χ0) is 20.5. The van der Waals surface area contributed by atoms with Gasteiger partial charge in [-0.2, -0.15) is 9.52 Å². The fourth-order valence-electron chi connectivity index (χ4n) is 3.19. The van der Waals surface area contributed by atoms with Crippen molar-refractivity contribution >= 4 is 31.4 Å². The Bertz CT molecular complexity index is 1110. The lowest BCUT2D eigenvalue weighted by molar-refractivity contribution is 0.371. The van der Waals surface area contributed by atoms with Gasteiger partial charge in [-0.1, -0.05) is 36.4 Å². The summed E-state index contributed by atoms with van der Waals surface area (Å²) in [6.45, 7) is 3.55. The molecule has 28 heavy (non-hydrogen) atoms. The minimum absolute atomic E-state index is 0.0383. The van der Waals surface area contributed by atoms with E-state index >= 15 is 0 Å². The molecule has 0 aliphatic carbocycles. The molecule has 1 heterocycles. The number of benzene rings is 2. The molecule has 1 atom stereocenters. The van der Waals surface area contributed by atoms with Gasteiger partial charge in [0.05, 0.1) is 23.8 Å². The Kier molecular flexibility index (Phi) is 5.49. The van der Waals surface area contributed by atoms with Gasteiger partial charge in [-0.3, -0.25) is 4.72 Å². The maximum absolute atomic E-state index is 12.6. The number of nitrogens with zero attached hydrogens (tertiary/aromatic N) is 2. The van der Waals surface area contributed by atoms with Gasteiger partial charge in [-0.25, -0.2) is 16.8 Å². The van der Waals surface area contributed by atoms with Gasteiger partial charge in [0.25, 0.3) is 0 Å². The van der Waals surface area contributed by atoms with E-state index in [2.05, 4.69) is 9.82 Å². The van der Waals surface area contributed by atoms with Gasteiger partial charge in [0.15, 0.2) is 0 Å². The van der Waals surface area contributed by atoms with E-state index in [1.807, 2.05) is 31.2 Å². The molecule has 9 heteroatoms. The monoisotopic (exact) mass is 421 g/mol. The Labute approximate surface area is 166 Å². The third-order valence-electron chi connectivity index (χ3n) is 4.59. The first-order chi connectivity index (χ1) is 13.1. The van der Waals surface area contributed by atoms with E-state index in [1.165, 1.54) is 4.41 Å². The van der Waals surface area contributed by atoms with Crippen molar-refractivity contribution in [1.82, 2.24) is 4.41 Å². The fraction of sp³-hybridized carbons (Fsp3) is 0.316. The van der Waals surface area contributed by atoms with Crippen LogP contribution in [0.1, 0.15) is 36.1 Å². The summed E-state index contributed by atoms with van der Waals surface area (Å²) in [5.41, 5.74) is 3.78. The molecule has 2 aromatic carbocycles. The molecule has 0 amide bonds. The Morgan fingerprint density at radius 2 is 1.71 bits per heavy atom. The second-order valence-corrected chi connectivity index (χ2v) is 10.6. The second kappa shape index (κ2) is 7.56. The minimum atomic E-state index is -3.53. The molecule has 1 aliphatic heterocycles. The molecule has 0 saturated carbocycles. The van der Waals surface area contributed by atoms with Crippen molar-refractivity contribution in [3.05, 3.63) is 65.2 Å². The van der Waals surface area contributed by atoms with Gasteiger partial charge in [0.1, 0.15) is 0 Å². The molecule has 3 rings (SSSR count). The summed E-state index contributed by atoms with van der Waals surface area (Å²) in [5, 5.41) is 4.43. The van der Waals surface area contributed by atoms with E-state index in [0.29, 0.717) is 17.8 Å². The highest BCUT2D eigenvalue weighted by molar-refractivity contribution is 7.92. The third kappa shape index (κ3) is 4.36. The van der Waals surface area contributed by atoms with Gasteiger partial charge in [0, 0.05) is 12.1 Å². The molecular weight excluding hydrogens is 398 g/mol. The van der Waals surface area contributed by atoms with Crippen molar-refractivity contribution in [3.63, 3.8) is 0 Å². The standard InChI is InChI=1S/C19H23N3O4S2/c1-4-28(25,26)22-19(17-8-6-5-7-14(17)2)13-18(20-22)15-9-11-16(12-10-15)21-27(3,23)24/h5-12,19,21H,4,13H2,1-3H3/t19-/m0/s1. The zero-order valence-corrected chi connectivity index (χ0v) is 17.6. The van der Waals surface area contributed by atoms with E-state index in [0.717, 1.165) is 22.9 Å². The predicted octanol–water partition coefficient (Wildman–Crippen LogP) is 2.87. The summed E-state index contributed by atoms with van der Waals surface area (Å²) in [6, 6.07) is 14.1. The first-order valence-electron chi connectivity index (χ1n) is 8.84. The van der Waals surface area contributed by atoms with Crippen LogP contribution < -0.4 is 4.72 Å². The Hall–Kier alpha value is -2.39. The van der Waals surface area contributed by atoms with E-state index in [1.54, 1.807) is 31.2 Å². The van der Waals surface area contributed by atoms with Gasteiger partial charge in [-0.15, -0.1) is 0 Å². The van der Waals surface area contributed by atoms with Crippen LogP contribution in [0.4, 0.5) is 5.69 Å². The number of hydrazone groups is 1. The van der Waals surface area contributed by atoms with Crippen molar-refractivity contribution < 1.29 is 16.8 Å². The molecule has 1 aliphatic rings. The highest BCUT2D eigenvalue weighted by Gasteiger charge is 2.36. The molecule has 0 radical (unpaired) electrons. The van der Waals surface area contributed by atoms with Gasteiger partial charge < -0.3 is 0 Å². The molecule has 0 fully saturated rings. The van der Waals surface area contributed by atoms with Crippen LogP contribution in [-0.4, -0.2) is 39.0 Å². The lowest BCUT2D eigenvalue weighted by Crippen LogP contribution is -2.29. The van der Waals surface area contributed by atoms with Crippen molar-refractivity contribution in [1.29, 1.82) is 0 Å². The summed E-state index contributed by atoms with van der Waals surface area (Å²) >= 11 is 0. The van der Waals surface area contributed by atoms with Gasteiger partial charge >= 0.3 is 0 Å². The van der Waals surface area contributed by atoms with Crippen LogP contribution in [-0.2, 0) is 20.0 Å². The number of hydrogen-bond donors (Lipinski definition) is 1. The number of aryl methyl sites for hydroxylation is 1. The molecule has 0 bridgehead atoms. The average molecular weight is 422 g/mol. The molecule has 7 nitrogen and oxygen atoms in total. The Balaban J connectivity index is 1.96. The highest BCUT2D eigenvalue weighted by atomic mass is 32.2. The predicted molar refractivity (Wildman–Crippen MR) is 111 cm³/mol. The van der Waals surface area contributed by atoms with Crippen LogP contribution in [0.15, 0.2) is 53.6 Å². The number of rotatable bonds is 6. The highest BCUT2D eigenvalue weighted by Crippen LogP contribution is 2.36. The quantitative estimate of drug-likeness (QED) is 0.776. The molecule has 0 saturated heterocycles. The minimum Gasteiger partial charge on any atom is -0.284 e. The lowest BCUT2D eigenvalue weighted by atomic mass is 9.96. The van der Waals surface area contributed by atoms with Crippen molar-refractivity contribution in [2.75, 3.05) is 16.7 Å². The van der Waals surface area contributed by atoms with Crippen molar-refractivity contribution in [2.24, 2.45) is 5.10 Å². The van der Waals surface area contributed by atoms with Crippen molar-refractivity contribution in [2.45, 2.75) is 26.3 Å². The second-order valence-electron chi connectivity index (χ2n) is 6.75. The molecule has 1 N–H and O–H groups in total. The number of sulfonamides is 2. The van der Waals surface area contributed by atoms with E-state index in [4.69, 9.17) is 0 Å². The summed E-state index contributed by atoms with van der Waals surface area (Å²) in [6.07, 6.45) is 1.53. The molecule has 2 aromatic rings. The summed E-state index contributed by atoms with van der Waals surface area (Å²) in [7, 11) is -6.89. The number of anilines is 1. The average Bonchev–Trinajstić information content (AvgIpc) is 3.07. The topological polar surface area (TPSA) is 95.9 Å². The fourth-order valence-corrected chi connectivity index (χ4v) is 4.82. The first kappa shape index (κ1) is 20.3. The van der Waals surface area contributed by atoms with E-state index in [-0.39, 0.29) is 5.75 Å². The Morgan fingerprint density at radius 3 is 2.29 bits per heavy atom. The van der Waals surface area contributed by atoms with Gasteiger partial charge in [0.2, 0.25) is 20.0 Å². The van der Waals surface area contributed by atoms with Crippen LogP contribution in [0, 0.1) is 6.92 Å². The van der Waals surface area contributed by atoms with Crippen molar-refractivity contribution in [3.8, 4) is 0 Å². The maximum atomic E-state index is 12.6. The molecular formula is C19H23N3O4S2. The summed E-state index contributed by atoms with van der Waals surface area (Å²) in [5.74, 6) is -0.0383. The third-order valence-corrected chi connectivity index (χ3v) is 6.83. The van der Waals surface area contributed by atoms with Crippen LogP contribution in [0.2, 0.25) is 0 Å². The smallest absolute Gasteiger partial charge is 0.250 e. The summed E-state index contributed by atoms with van der Waals surface area (Å²) in [4.78, 5) is 0. The molecule has 0 spiro atoms. The summed E-state index contributed by atoms with van der Waals surface area (Å²) < 4.78 is 51.6.